The van der Waals surface area contributed by atoms with Crippen LogP contribution in [0.3, 0.4) is 0 Å². The molecule has 0 bridgehead atoms. The van der Waals surface area contributed by atoms with Crippen LogP contribution in [0.1, 0.15) is 19.4 Å². The van der Waals surface area contributed by atoms with Gasteiger partial charge in [0.15, 0.2) is 5.60 Å². The maximum Gasteiger partial charge on any atom is 0.342 e. The van der Waals surface area contributed by atoms with Crippen LogP contribution in [0.2, 0.25) is 0 Å². The van der Waals surface area contributed by atoms with Gasteiger partial charge in [0.05, 0.1) is 6.61 Å². The summed E-state index contributed by atoms with van der Waals surface area (Å²) in [6, 6.07) is 13.2. The van der Waals surface area contributed by atoms with E-state index in [0.29, 0.717) is 5.56 Å². The molecule has 3 heteroatoms. The Morgan fingerprint density at radius 3 is 2.61 bits per heavy atom. The molecule has 0 heterocycles. The number of fused-ring (bicyclic) bond motifs is 1. The summed E-state index contributed by atoms with van der Waals surface area (Å²) in [5.74, 6) is -0.624. The Labute approximate surface area is 106 Å². The highest BCUT2D eigenvalue weighted by Crippen LogP contribution is 2.29. The molecule has 0 aromatic heterocycles. The summed E-state index contributed by atoms with van der Waals surface area (Å²) in [7, 11) is 0. The first kappa shape index (κ1) is 12.6. The zero-order valence-corrected chi connectivity index (χ0v) is 10.5. The van der Waals surface area contributed by atoms with Crippen molar-refractivity contribution in [3.63, 3.8) is 0 Å². The highest BCUT2D eigenvalue weighted by molar-refractivity contribution is 5.92. The van der Waals surface area contributed by atoms with Gasteiger partial charge in [-0.25, -0.2) is 4.79 Å². The van der Waals surface area contributed by atoms with E-state index in [0.717, 1.165) is 10.8 Å². The summed E-state index contributed by atoms with van der Waals surface area (Å²) >= 11 is 0. The SMILES string of the molecule is CCOC(=O)C(C)(O)c1cccc2ccccc12. The van der Waals surface area contributed by atoms with E-state index in [2.05, 4.69) is 0 Å². The average Bonchev–Trinajstić information content (AvgIpc) is 2.38. The fourth-order valence-corrected chi connectivity index (χ4v) is 2.03. The van der Waals surface area contributed by atoms with E-state index in [1.54, 1.807) is 13.0 Å². The number of ether oxygens (including phenoxy) is 1. The summed E-state index contributed by atoms with van der Waals surface area (Å²) in [5, 5.41) is 12.3. The van der Waals surface area contributed by atoms with E-state index in [-0.39, 0.29) is 6.61 Å². The molecule has 1 N–H and O–H groups in total. The lowest BCUT2D eigenvalue weighted by Gasteiger charge is -2.23. The number of hydrogen-bond acceptors (Lipinski definition) is 3. The van der Waals surface area contributed by atoms with Crippen molar-refractivity contribution in [1.29, 1.82) is 0 Å². The summed E-state index contributed by atoms with van der Waals surface area (Å²) in [4.78, 5) is 11.8. The van der Waals surface area contributed by atoms with Gasteiger partial charge in [-0.15, -0.1) is 0 Å². The van der Waals surface area contributed by atoms with Gasteiger partial charge in [0.1, 0.15) is 0 Å². The van der Waals surface area contributed by atoms with E-state index in [4.69, 9.17) is 4.74 Å². The monoisotopic (exact) mass is 244 g/mol. The standard InChI is InChI=1S/C15H16O3/c1-3-18-14(16)15(2,17)13-10-6-8-11-7-4-5-9-12(11)13/h4-10,17H,3H2,1-2H3. The Balaban J connectivity index is 2.56. The number of carbonyl (C=O) groups excluding carboxylic acids is 1. The molecule has 18 heavy (non-hydrogen) atoms. The minimum atomic E-state index is -1.63. The Hall–Kier alpha value is -1.87. The Morgan fingerprint density at radius 1 is 1.22 bits per heavy atom. The van der Waals surface area contributed by atoms with Gasteiger partial charge in [-0.2, -0.15) is 0 Å². The number of aliphatic hydroxyl groups is 1. The molecule has 0 spiro atoms. The summed E-state index contributed by atoms with van der Waals surface area (Å²) in [6.45, 7) is 3.43. The van der Waals surface area contributed by atoms with Crippen molar-refractivity contribution in [2.24, 2.45) is 0 Å². The Kier molecular flexibility index (Phi) is 3.34. The van der Waals surface area contributed by atoms with E-state index in [1.165, 1.54) is 6.92 Å². The first-order chi connectivity index (χ1) is 8.57. The quantitative estimate of drug-likeness (QED) is 0.844. The topological polar surface area (TPSA) is 46.5 Å². The van der Waals surface area contributed by atoms with Crippen LogP contribution >= 0.6 is 0 Å². The molecule has 0 amide bonds. The Bertz CT molecular complexity index is 567. The van der Waals surface area contributed by atoms with Crippen molar-refractivity contribution in [3.05, 3.63) is 48.0 Å². The molecule has 0 saturated heterocycles. The van der Waals surface area contributed by atoms with Crippen molar-refractivity contribution in [2.45, 2.75) is 19.4 Å². The molecule has 94 valence electrons. The van der Waals surface area contributed by atoms with Crippen LogP contribution in [0.5, 0.6) is 0 Å². The predicted molar refractivity (Wildman–Crippen MR) is 70.2 cm³/mol. The Morgan fingerprint density at radius 2 is 1.89 bits per heavy atom. The van der Waals surface area contributed by atoms with Crippen LogP contribution in [-0.4, -0.2) is 17.7 Å². The van der Waals surface area contributed by atoms with Crippen molar-refractivity contribution >= 4 is 16.7 Å². The minimum absolute atomic E-state index is 0.250. The van der Waals surface area contributed by atoms with Crippen LogP contribution in [0.15, 0.2) is 42.5 Å². The zero-order valence-electron chi connectivity index (χ0n) is 10.5. The van der Waals surface area contributed by atoms with Crippen LogP contribution in [0.4, 0.5) is 0 Å². The van der Waals surface area contributed by atoms with Crippen molar-refractivity contribution in [2.75, 3.05) is 6.61 Å². The molecule has 0 aliphatic rings. The number of carbonyl (C=O) groups is 1. The van der Waals surface area contributed by atoms with Gasteiger partial charge in [-0.1, -0.05) is 42.5 Å². The molecule has 3 nitrogen and oxygen atoms in total. The van der Waals surface area contributed by atoms with Gasteiger partial charge in [-0.05, 0) is 24.6 Å². The highest BCUT2D eigenvalue weighted by Gasteiger charge is 2.35. The summed E-state index contributed by atoms with van der Waals surface area (Å²) in [6.07, 6.45) is 0. The van der Waals surface area contributed by atoms with Gasteiger partial charge in [0, 0.05) is 5.56 Å². The molecule has 0 aliphatic heterocycles. The molecule has 0 aliphatic carbocycles. The molecular weight excluding hydrogens is 228 g/mol. The fourth-order valence-electron chi connectivity index (χ4n) is 2.03. The van der Waals surface area contributed by atoms with Crippen molar-refractivity contribution in [1.82, 2.24) is 0 Å². The third-order valence-electron chi connectivity index (χ3n) is 2.99. The van der Waals surface area contributed by atoms with Crippen LogP contribution in [0.25, 0.3) is 10.8 Å². The van der Waals surface area contributed by atoms with E-state index in [9.17, 15) is 9.90 Å². The second kappa shape index (κ2) is 4.78. The molecule has 0 radical (unpaired) electrons. The number of rotatable bonds is 3. The lowest BCUT2D eigenvalue weighted by Crippen LogP contribution is -2.34. The normalized spacial score (nSPS) is 14.2. The third kappa shape index (κ3) is 2.09. The van der Waals surface area contributed by atoms with Gasteiger partial charge < -0.3 is 9.84 Å². The van der Waals surface area contributed by atoms with Gasteiger partial charge in [-0.3, -0.25) is 0 Å². The van der Waals surface area contributed by atoms with E-state index >= 15 is 0 Å². The lowest BCUT2D eigenvalue weighted by atomic mass is 9.91. The second-order valence-corrected chi connectivity index (χ2v) is 4.32. The number of benzene rings is 2. The number of hydrogen-bond donors (Lipinski definition) is 1. The molecule has 0 saturated carbocycles. The molecular formula is C15H16O3. The minimum Gasteiger partial charge on any atom is -0.464 e. The first-order valence-corrected chi connectivity index (χ1v) is 5.95. The van der Waals surface area contributed by atoms with E-state index < -0.39 is 11.6 Å². The summed E-state index contributed by atoms with van der Waals surface area (Å²) in [5.41, 5.74) is -1.06. The van der Waals surface area contributed by atoms with Gasteiger partial charge >= 0.3 is 5.97 Å². The number of esters is 1. The van der Waals surface area contributed by atoms with E-state index in [1.807, 2.05) is 36.4 Å². The van der Waals surface area contributed by atoms with Crippen molar-refractivity contribution in [3.8, 4) is 0 Å². The van der Waals surface area contributed by atoms with Crippen LogP contribution in [0, 0.1) is 0 Å². The highest BCUT2D eigenvalue weighted by atomic mass is 16.5. The fraction of sp³-hybridized carbons (Fsp3) is 0.267. The molecule has 0 fully saturated rings. The molecule has 1 unspecified atom stereocenters. The van der Waals surface area contributed by atoms with Crippen molar-refractivity contribution < 1.29 is 14.6 Å². The molecule has 2 rings (SSSR count). The largest absolute Gasteiger partial charge is 0.464 e. The predicted octanol–water partition coefficient (Wildman–Crippen LogP) is 2.61. The first-order valence-electron chi connectivity index (χ1n) is 5.95. The van der Waals surface area contributed by atoms with Gasteiger partial charge in [0.2, 0.25) is 0 Å². The third-order valence-corrected chi connectivity index (χ3v) is 2.99. The van der Waals surface area contributed by atoms with Gasteiger partial charge in [0.25, 0.3) is 0 Å². The lowest BCUT2D eigenvalue weighted by molar-refractivity contribution is -0.164. The van der Waals surface area contributed by atoms with Crippen LogP contribution < -0.4 is 0 Å². The smallest absolute Gasteiger partial charge is 0.342 e. The molecule has 2 aromatic carbocycles. The summed E-state index contributed by atoms with van der Waals surface area (Å²) < 4.78 is 4.92. The molecule has 2 aromatic rings. The van der Waals surface area contributed by atoms with Crippen LogP contribution in [-0.2, 0) is 15.1 Å². The molecule has 1 atom stereocenters. The maximum atomic E-state index is 11.8. The second-order valence-electron chi connectivity index (χ2n) is 4.32. The average molecular weight is 244 g/mol. The zero-order chi connectivity index (χ0) is 13.2. The maximum absolute atomic E-state index is 11.8.